The average Bonchev–Trinajstić information content (AvgIpc) is 1.21. The van der Waals surface area contributed by atoms with Crippen molar-refractivity contribution in [3.8, 4) is 0 Å². The molecule has 0 aliphatic rings. The van der Waals surface area contributed by atoms with E-state index in [0.29, 0.717) is 6.92 Å². The van der Waals surface area contributed by atoms with Crippen LogP contribution in [0, 0.1) is 0 Å². The van der Waals surface area contributed by atoms with Gasteiger partial charge in [-0.25, -0.2) is 8.78 Å². The maximum atomic E-state index is 11.6. The molecule has 0 radical (unpaired) electrons. The van der Waals surface area contributed by atoms with Crippen molar-refractivity contribution in [3.05, 3.63) is 11.4 Å². The third-order valence-corrected chi connectivity index (χ3v) is 0.472. The van der Waals surface area contributed by atoms with E-state index in [-0.39, 0.29) is 6.08 Å². The van der Waals surface area contributed by atoms with Crippen LogP contribution >= 0.6 is 11.6 Å². The fraction of sp³-hybridized carbons (Fsp3) is 0.500. The smallest absolute Gasteiger partial charge is 0.202 e. The molecule has 0 fully saturated rings. The van der Waals surface area contributed by atoms with Gasteiger partial charge >= 0.3 is 0 Å². The Morgan fingerprint density at radius 3 is 2.00 bits per heavy atom. The number of halogens is 4. The van der Waals surface area contributed by atoms with Crippen molar-refractivity contribution >= 4 is 11.6 Å². The van der Waals surface area contributed by atoms with E-state index < -0.39 is 11.2 Å². The van der Waals surface area contributed by atoms with Crippen LogP contribution < -0.4 is 0 Å². The molecule has 0 aromatic rings. The van der Waals surface area contributed by atoms with Gasteiger partial charge in [-0.15, -0.1) is 0 Å². The Morgan fingerprint density at radius 1 is 1.62 bits per heavy atom. The molecule has 0 bridgehead atoms. The highest BCUT2D eigenvalue weighted by Gasteiger charge is 2.17. The molecule has 0 atom stereocenters. The molecule has 0 rings (SSSR count). The van der Waals surface area contributed by atoms with E-state index >= 15 is 0 Å². The Balaban J connectivity index is 3.89. The SMILES string of the molecule is CC(F)(F)C=C(F)Cl. The molecule has 0 aromatic heterocycles. The maximum Gasteiger partial charge on any atom is 0.267 e. The van der Waals surface area contributed by atoms with E-state index in [4.69, 9.17) is 0 Å². The summed E-state index contributed by atoms with van der Waals surface area (Å²) in [6.45, 7) is 0.551. The number of rotatable bonds is 1. The van der Waals surface area contributed by atoms with Gasteiger partial charge in [-0.2, -0.15) is 4.39 Å². The molecule has 0 N–H and O–H groups in total. The predicted octanol–water partition coefficient (Wildman–Crippen LogP) is 2.69. The lowest BCUT2D eigenvalue weighted by atomic mass is 10.4. The molecule has 0 unspecified atom stereocenters. The monoisotopic (exact) mass is 144 g/mol. The lowest BCUT2D eigenvalue weighted by molar-refractivity contribution is 0.0758. The second-order valence-electron chi connectivity index (χ2n) is 1.39. The first-order valence-electron chi connectivity index (χ1n) is 1.83. The van der Waals surface area contributed by atoms with E-state index in [1.54, 1.807) is 0 Å². The first-order valence-corrected chi connectivity index (χ1v) is 2.21. The van der Waals surface area contributed by atoms with Gasteiger partial charge in [0.05, 0.1) is 0 Å². The molecule has 0 saturated carbocycles. The Morgan fingerprint density at radius 2 is 2.00 bits per heavy atom. The molecule has 0 aromatic carbocycles. The topological polar surface area (TPSA) is 0 Å². The third kappa shape index (κ3) is 5.82. The third-order valence-electron chi connectivity index (χ3n) is 0.363. The van der Waals surface area contributed by atoms with Gasteiger partial charge in [0.25, 0.3) is 5.92 Å². The van der Waals surface area contributed by atoms with Crippen LogP contribution in [0.1, 0.15) is 6.92 Å². The first-order chi connectivity index (χ1) is 3.42. The molecule has 0 heterocycles. The molecule has 0 aliphatic heterocycles. The summed E-state index contributed by atoms with van der Waals surface area (Å²) in [6.07, 6.45) is 0.0363. The van der Waals surface area contributed by atoms with Crippen LogP contribution in [0.3, 0.4) is 0 Å². The summed E-state index contributed by atoms with van der Waals surface area (Å²) in [6, 6.07) is 0. The zero-order chi connectivity index (χ0) is 6.78. The summed E-state index contributed by atoms with van der Waals surface area (Å²) in [4.78, 5) is 0. The molecular formula is C4H4ClF3. The molecule has 0 aliphatic carbocycles. The second-order valence-corrected chi connectivity index (χ2v) is 1.75. The Bertz CT molecular complexity index is 98.3. The zero-order valence-corrected chi connectivity index (χ0v) is 4.85. The minimum absolute atomic E-state index is 0.0363. The molecular weight excluding hydrogens is 140 g/mol. The van der Waals surface area contributed by atoms with Crippen molar-refractivity contribution < 1.29 is 13.2 Å². The summed E-state index contributed by atoms with van der Waals surface area (Å²) in [7, 11) is 0. The summed E-state index contributed by atoms with van der Waals surface area (Å²) in [5.74, 6) is -3.15. The van der Waals surface area contributed by atoms with E-state index in [0.717, 1.165) is 0 Å². The minimum atomic E-state index is -3.15. The molecule has 4 heteroatoms. The number of hydrogen-bond acceptors (Lipinski definition) is 0. The van der Waals surface area contributed by atoms with Gasteiger partial charge in [0.2, 0.25) is 0 Å². The van der Waals surface area contributed by atoms with Gasteiger partial charge in [-0.1, -0.05) is 11.6 Å². The highest BCUT2D eigenvalue weighted by atomic mass is 35.5. The summed E-state index contributed by atoms with van der Waals surface area (Å²) in [5, 5.41) is -1.38. The highest BCUT2D eigenvalue weighted by molar-refractivity contribution is 6.28. The molecule has 8 heavy (non-hydrogen) atoms. The van der Waals surface area contributed by atoms with E-state index in [1.165, 1.54) is 0 Å². The zero-order valence-electron chi connectivity index (χ0n) is 4.09. The number of alkyl halides is 2. The number of hydrogen-bond donors (Lipinski definition) is 0. The van der Waals surface area contributed by atoms with Crippen LogP contribution in [-0.2, 0) is 0 Å². The van der Waals surface area contributed by atoms with Crippen LogP contribution in [-0.4, -0.2) is 5.92 Å². The summed E-state index contributed by atoms with van der Waals surface area (Å²) < 4.78 is 34.5. The molecule has 0 spiro atoms. The van der Waals surface area contributed by atoms with Gasteiger partial charge in [-0.05, 0) is 0 Å². The lowest BCUT2D eigenvalue weighted by Crippen LogP contribution is -2.03. The van der Waals surface area contributed by atoms with Crippen molar-refractivity contribution in [2.45, 2.75) is 12.8 Å². The quantitative estimate of drug-likeness (QED) is 0.531. The van der Waals surface area contributed by atoms with Gasteiger partial charge in [0.1, 0.15) is 0 Å². The van der Waals surface area contributed by atoms with Gasteiger partial charge in [0.15, 0.2) is 5.29 Å². The lowest BCUT2D eigenvalue weighted by Gasteiger charge is -1.99. The molecule has 0 nitrogen and oxygen atoms in total. The maximum absolute atomic E-state index is 11.6. The molecule has 0 amide bonds. The first kappa shape index (κ1) is 7.82. The Hall–Kier alpha value is -0.180. The fourth-order valence-electron chi connectivity index (χ4n) is 0.192. The van der Waals surface area contributed by atoms with E-state index in [1.807, 2.05) is 0 Å². The summed E-state index contributed by atoms with van der Waals surface area (Å²) in [5.41, 5.74) is 0. The van der Waals surface area contributed by atoms with Crippen LogP contribution in [0.5, 0.6) is 0 Å². The molecule has 48 valence electrons. The van der Waals surface area contributed by atoms with Crippen molar-refractivity contribution in [1.29, 1.82) is 0 Å². The van der Waals surface area contributed by atoms with Crippen molar-refractivity contribution in [2.24, 2.45) is 0 Å². The van der Waals surface area contributed by atoms with Gasteiger partial charge in [-0.3, -0.25) is 0 Å². The molecule has 0 saturated heterocycles. The Labute approximate surface area is 49.9 Å². The van der Waals surface area contributed by atoms with Gasteiger partial charge in [0, 0.05) is 13.0 Å². The van der Waals surface area contributed by atoms with Crippen molar-refractivity contribution in [2.75, 3.05) is 0 Å². The average molecular weight is 145 g/mol. The highest BCUT2D eigenvalue weighted by Crippen LogP contribution is 2.17. The minimum Gasteiger partial charge on any atom is -0.202 e. The second kappa shape index (κ2) is 2.40. The predicted molar refractivity (Wildman–Crippen MR) is 25.7 cm³/mol. The number of allylic oxidation sites excluding steroid dienone is 1. The normalized spacial score (nSPS) is 14.4. The fourth-order valence-corrected chi connectivity index (χ4v) is 0.383. The van der Waals surface area contributed by atoms with E-state index in [9.17, 15) is 13.2 Å². The van der Waals surface area contributed by atoms with Crippen LogP contribution in [0.2, 0.25) is 0 Å². The van der Waals surface area contributed by atoms with Crippen LogP contribution in [0.15, 0.2) is 11.4 Å². The standard InChI is InChI=1S/C4H4ClF3/c1-4(7,8)2-3(5)6/h2H,1H3. The summed E-state index contributed by atoms with van der Waals surface area (Å²) >= 11 is 4.48. The van der Waals surface area contributed by atoms with Crippen LogP contribution in [0.4, 0.5) is 13.2 Å². The largest absolute Gasteiger partial charge is 0.267 e. The van der Waals surface area contributed by atoms with Gasteiger partial charge < -0.3 is 0 Å². The van der Waals surface area contributed by atoms with Crippen molar-refractivity contribution in [1.82, 2.24) is 0 Å². The van der Waals surface area contributed by atoms with Crippen LogP contribution in [0.25, 0.3) is 0 Å². The van der Waals surface area contributed by atoms with E-state index in [2.05, 4.69) is 11.6 Å². The van der Waals surface area contributed by atoms with Crippen molar-refractivity contribution in [3.63, 3.8) is 0 Å². The Kier molecular flexibility index (Phi) is 2.34.